The van der Waals surface area contributed by atoms with Crippen LogP contribution in [0.2, 0.25) is 0 Å². The third-order valence-corrected chi connectivity index (χ3v) is 4.32. The SMILES string of the molecule is Cc1ccc(OC(CNC2CC2)c2ccccc2)c(Br)c1. The second-order valence-corrected chi connectivity index (χ2v) is 6.49. The van der Waals surface area contributed by atoms with E-state index >= 15 is 0 Å². The van der Waals surface area contributed by atoms with Gasteiger partial charge in [-0.2, -0.15) is 0 Å². The van der Waals surface area contributed by atoms with Crippen LogP contribution in [0.3, 0.4) is 0 Å². The van der Waals surface area contributed by atoms with Crippen molar-refractivity contribution < 1.29 is 4.74 Å². The van der Waals surface area contributed by atoms with E-state index < -0.39 is 0 Å². The van der Waals surface area contributed by atoms with Gasteiger partial charge in [-0.15, -0.1) is 0 Å². The first kappa shape index (κ1) is 14.6. The van der Waals surface area contributed by atoms with Crippen LogP contribution in [0.4, 0.5) is 0 Å². The van der Waals surface area contributed by atoms with Crippen molar-refractivity contribution >= 4 is 15.9 Å². The lowest BCUT2D eigenvalue weighted by Gasteiger charge is -2.21. The fourth-order valence-corrected chi connectivity index (χ4v) is 2.90. The van der Waals surface area contributed by atoms with Crippen LogP contribution < -0.4 is 10.1 Å². The number of ether oxygens (including phenoxy) is 1. The standard InChI is InChI=1S/C18H20BrNO/c1-13-7-10-17(16(19)11-13)21-18(12-20-15-8-9-15)14-5-3-2-4-6-14/h2-7,10-11,15,18,20H,8-9,12H2,1H3. The Kier molecular flexibility index (Phi) is 4.61. The Morgan fingerprint density at radius 1 is 1.19 bits per heavy atom. The van der Waals surface area contributed by atoms with Gasteiger partial charge in [0.05, 0.1) is 4.47 Å². The van der Waals surface area contributed by atoms with Gasteiger partial charge in [0.25, 0.3) is 0 Å². The lowest BCUT2D eigenvalue weighted by molar-refractivity contribution is 0.199. The van der Waals surface area contributed by atoms with Crippen molar-refractivity contribution in [3.05, 3.63) is 64.1 Å². The maximum absolute atomic E-state index is 6.26. The van der Waals surface area contributed by atoms with Crippen LogP contribution in [-0.2, 0) is 0 Å². The monoisotopic (exact) mass is 345 g/mol. The fraction of sp³-hybridized carbons (Fsp3) is 0.333. The molecule has 2 aromatic carbocycles. The summed E-state index contributed by atoms with van der Waals surface area (Å²) in [6.07, 6.45) is 2.61. The highest BCUT2D eigenvalue weighted by atomic mass is 79.9. The van der Waals surface area contributed by atoms with E-state index in [0.717, 1.165) is 16.8 Å². The average molecular weight is 346 g/mol. The van der Waals surface area contributed by atoms with E-state index in [2.05, 4.69) is 64.6 Å². The third-order valence-electron chi connectivity index (χ3n) is 3.70. The quantitative estimate of drug-likeness (QED) is 0.823. The van der Waals surface area contributed by atoms with Crippen molar-refractivity contribution in [2.75, 3.05) is 6.54 Å². The van der Waals surface area contributed by atoms with E-state index in [1.165, 1.54) is 24.0 Å². The van der Waals surface area contributed by atoms with Crippen LogP contribution in [-0.4, -0.2) is 12.6 Å². The van der Waals surface area contributed by atoms with Gasteiger partial charge in [0.1, 0.15) is 11.9 Å². The van der Waals surface area contributed by atoms with Crippen molar-refractivity contribution in [1.82, 2.24) is 5.32 Å². The summed E-state index contributed by atoms with van der Waals surface area (Å²) >= 11 is 3.60. The second-order valence-electron chi connectivity index (χ2n) is 5.63. The van der Waals surface area contributed by atoms with Crippen LogP contribution in [0.25, 0.3) is 0 Å². The number of rotatable bonds is 6. The first-order valence-electron chi connectivity index (χ1n) is 7.43. The lowest BCUT2D eigenvalue weighted by Crippen LogP contribution is -2.26. The van der Waals surface area contributed by atoms with Gasteiger partial charge in [-0.25, -0.2) is 0 Å². The summed E-state index contributed by atoms with van der Waals surface area (Å²) in [6.45, 7) is 2.92. The molecule has 2 aromatic rings. The Balaban J connectivity index is 1.77. The molecule has 21 heavy (non-hydrogen) atoms. The van der Waals surface area contributed by atoms with E-state index in [4.69, 9.17) is 4.74 Å². The number of halogens is 1. The van der Waals surface area contributed by atoms with Gasteiger partial charge in [-0.1, -0.05) is 36.4 Å². The summed E-state index contributed by atoms with van der Waals surface area (Å²) in [7, 11) is 0. The molecule has 1 fully saturated rings. The topological polar surface area (TPSA) is 21.3 Å². The molecule has 0 saturated heterocycles. The van der Waals surface area contributed by atoms with Gasteiger partial charge in [0.15, 0.2) is 0 Å². The smallest absolute Gasteiger partial charge is 0.136 e. The molecule has 0 heterocycles. The number of benzene rings is 2. The maximum Gasteiger partial charge on any atom is 0.136 e. The van der Waals surface area contributed by atoms with Gasteiger partial charge in [0.2, 0.25) is 0 Å². The molecule has 0 amide bonds. The third kappa shape index (κ3) is 4.08. The molecule has 2 nitrogen and oxygen atoms in total. The van der Waals surface area contributed by atoms with Gasteiger partial charge in [-0.3, -0.25) is 0 Å². The molecule has 0 aliphatic heterocycles. The Labute approximate surface area is 134 Å². The van der Waals surface area contributed by atoms with Crippen molar-refractivity contribution in [1.29, 1.82) is 0 Å². The van der Waals surface area contributed by atoms with Gasteiger partial charge in [0, 0.05) is 12.6 Å². The highest BCUT2D eigenvalue weighted by molar-refractivity contribution is 9.10. The predicted octanol–water partition coefficient (Wildman–Crippen LogP) is 4.63. The molecule has 0 radical (unpaired) electrons. The summed E-state index contributed by atoms with van der Waals surface area (Å²) in [5.74, 6) is 0.895. The molecule has 3 heteroatoms. The zero-order valence-electron chi connectivity index (χ0n) is 12.2. The largest absolute Gasteiger partial charge is 0.483 e. The molecule has 1 aliphatic carbocycles. The van der Waals surface area contributed by atoms with Crippen LogP contribution in [0.5, 0.6) is 5.75 Å². The molecule has 1 unspecified atom stereocenters. The number of hydrogen-bond acceptors (Lipinski definition) is 2. The zero-order chi connectivity index (χ0) is 14.7. The summed E-state index contributed by atoms with van der Waals surface area (Å²) in [4.78, 5) is 0. The first-order valence-corrected chi connectivity index (χ1v) is 8.23. The molecule has 0 bridgehead atoms. The van der Waals surface area contributed by atoms with E-state index in [-0.39, 0.29) is 6.10 Å². The Morgan fingerprint density at radius 2 is 1.95 bits per heavy atom. The molecule has 1 atom stereocenters. The molecule has 3 rings (SSSR count). The van der Waals surface area contributed by atoms with E-state index in [0.29, 0.717) is 6.04 Å². The molecule has 0 spiro atoms. The maximum atomic E-state index is 6.26. The highest BCUT2D eigenvalue weighted by Gasteiger charge is 2.23. The zero-order valence-corrected chi connectivity index (χ0v) is 13.8. The van der Waals surface area contributed by atoms with Gasteiger partial charge < -0.3 is 10.1 Å². The Bertz CT molecular complexity index is 595. The van der Waals surface area contributed by atoms with Crippen LogP contribution in [0, 0.1) is 6.92 Å². The van der Waals surface area contributed by atoms with E-state index in [9.17, 15) is 0 Å². The number of aryl methyl sites for hydroxylation is 1. The van der Waals surface area contributed by atoms with Crippen LogP contribution in [0.15, 0.2) is 53.0 Å². The van der Waals surface area contributed by atoms with E-state index in [1.807, 2.05) is 12.1 Å². The normalized spacial score (nSPS) is 15.7. The van der Waals surface area contributed by atoms with Crippen LogP contribution in [0.1, 0.15) is 30.1 Å². The van der Waals surface area contributed by atoms with Crippen molar-refractivity contribution in [2.45, 2.75) is 31.9 Å². The molecular formula is C18H20BrNO. The number of nitrogens with one attached hydrogen (secondary N) is 1. The molecule has 1 saturated carbocycles. The Hall–Kier alpha value is -1.32. The van der Waals surface area contributed by atoms with Crippen molar-refractivity contribution in [3.8, 4) is 5.75 Å². The van der Waals surface area contributed by atoms with Gasteiger partial charge in [-0.05, 0) is 59.0 Å². The van der Waals surface area contributed by atoms with Crippen molar-refractivity contribution in [2.24, 2.45) is 0 Å². The van der Waals surface area contributed by atoms with E-state index in [1.54, 1.807) is 0 Å². The van der Waals surface area contributed by atoms with Crippen LogP contribution >= 0.6 is 15.9 Å². The number of hydrogen-bond donors (Lipinski definition) is 1. The summed E-state index contributed by atoms with van der Waals surface area (Å²) in [6, 6.07) is 17.3. The minimum atomic E-state index is 0.0332. The predicted molar refractivity (Wildman–Crippen MR) is 89.7 cm³/mol. The average Bonchev–Trinajstić information content (AvgIpc) is 3.31. The molecular weight excluding hydrogens is 326 g/mol. The minimum Gasteiger partial charge on any atom is -0.483 e. The first-order chi connectivity index (χ1) is 10.2. The minimum absolute atomic E-state index is 0.0332. The van der Waals surface area contributed by atoms with Gasteiger partial charge >= 0.3 is 0 Å². The molecule has 1 aliphatic rings. The highest BCUT2D eigenvalue weighted by Crippen LogP contribution is 2.30. The summed E-state index contributed by atoms with van der Waals surface area (Å²) < 4.78 is 7.26. The molecule has 110 valence electrons. The summed E-state index contributed by atoms with van der Waals surface area (Å²) in [5, 5.41) is 3.57. The molecule has 1 N–H and O–H groups in total. The second kappa shape index (κ2) is 6.63. The fourth-order valence-electron chi connectivity index (χ4n) is 2.31. The molecule has 0 aromatic heterocycles. The Morgan fingerprint density at radius 3 is 2.62 bits per heavy atom. The van der Waals surface area contributed by atoms with Crippen molar-refractivity contribution in [3.63, 3.8) is 0 Å². The lowest BCUT2D eigenvalue weighted by atomic mass is 10.1. The summed E-state index contributed by atoms with van der Waals surface area (Å²) in [5.41, 5.74) is 2.43.